The molecule has 29 heavy (non-hydrogen) atoms. The van der Waals surface area contributed by atoms with Crippen LogP contribution < -0.4 is 9.46 Å². The molecule has 0 aliphatic rings. The fourth-order valence-corrected chi connectivity index (χ4v) is 3.62. The van der Waals surface area contributed by atoms with Crippen LogP contribution in [0.25, 0.3) is 5.82 Å². The Morgan fingerprint density at radius 3 is 2.45 bits per heavy atom. The van der Waals surface area contributed by atoms with Crippen LogP contribution in [-0.2, 0) is 10.0 Å². The summed E-state index contributed by atoms with van der Waals surface area (Å²) in [6, 6.07) is 11.8. The topological polar surface area (TPSA) is 128 Å². The third kappa shape index (κ3) is 4.09. The second-order valence-electron chi connectivity index (χ2n) is 6.22. The van der Waals surface area contributed by atoms with E-state index in [4.69, 9.17) is 4.74 Å². The molecule has 4 rings (SSSR count). The van der Waals surface area contributed by atoms with Crippen molar-refractivity contribution in [2.24, 2.45) is 0 Å². The number of hydrogen-bond acceptors (Lipinski definition) is 7. The van der Waals surface area contributed by atoms with Crippen LogP contribution in [0.4, 0.5) is 5.69 Å². The fraction of sp³-hybridized carbons (Fsp3) is 0.111. The van der Waals surface area contributed by atoms with E-state index in [-0.39, 0.29) is 5.03 Å². The van der Waals surface area contributed by atoms with Crippen LogP contribution in [0.15, 0.2) is 60.0 Å². The van der Waals surface area contributed by atoms with Crippen molar-refractivity contribution >= 4 is 15.7 Å². The largest absolute Gasteiger partial charge is 0.438 e. The molecule has 0 aliphatic heterocycles. The first-order chi connectivity index (χ1) is 13.9. The van der Waals surface area contributed by atoms with Crippen molar-refractivity contribution in [2.75, 3.05) is 4.72 Å². The lowest BCUT2D eigenvalue weighted by atomic mass is 10.3. The molecule has 2 N–H and O–H groups in total. The molecule has 1 aromatic carbocycles. The lowest BCUT2D eigenvalue weighted by Crippen LogP contribution is -2.13. The second kappa shape index (κ2) is 7.36. The SMILES string of the molecule is Cc1cc(C)n(-c2ccc(Oc3ccc(NS(=O)(=O)c4cnc[nH]4)cc3)nn2)n1. The van der Waals surface area contributed by atoms with Crippen LogP contribution in [0.2, 0.25) is 0 Å². The summed E-state index contributed by atoms with van der Waals surface area (Å²) in [6.07, 6.45) is 2.53. The van der Waals surface area contributed by atoms with E-state index < -0.39 is 10.0 Å². The van der Waals surface area contributed by atoms with E-state index in [1.807, 2.05) is 19.9 Å². The molecule has 0 bridgehead atoms. The van der Waals surface area contributed by atoms with Crippen LogP contribution >= 0.6 is 0 Å². The van der Waals surface area contributed by atoms with Crippen LogP contribution in [0.5, 0.6) is 11.6 Å². The van der Waals surface area contributed by atoms with E-state index in [2.05, 4.69) is 30.0 Å². The van der Waals surface area contributed by atoms with Gasteiger partial charge in [0.25, 0.3) is 10.0 Å². The Hall–Kier alpha value is -3.73. The number of nitrogens with zero attached hydrogens (tertiary/aromatic N) is 5. The van der Waals surface area contributed by atoms with Gasteiger partial charge in [0, 0.05) is 17.4 Å². The van der Waals surface area contributed by atoms with Gasteiger partial charge in [-0.2, -0.15) is 13.5 Å². The number of nitrogens with one attached hydrogen (secondary N) is 2. The highest BCUT2D eigenvalue weighted by atomic mass is 32.2. The number of benzene rings is 1. The molecule has 0 aliphatic carbocycles. The van der Waals surface area contributed by atoms with Crippen molar-refractivity contribution in [3.63, 3.8) is 0 Å². The number of anilines is 1. The molecule has 3 aromatic heterocycles. The van der Waals surface area contributed by atoms with E-state index >= 15 is 0 Å². The van der Waals surface area contributed by atoms with Crippen molar-refractivity contribution in [1.29, 1.82) is 0 Å². The molecule has 10 nitrogen and oxygen atoms in total. The van der Waals surface area contributed by atoms with Gasteiger partial charge in [-0.05, 0) is 50.2 Å². The predicted octanol–water partition coefficient (Wildman–Crippen LogP) is 2.60. The van der Waals surface area contributed by atoms with Gasteiger partial charge in [-0.25, -0.2) is 9.67 Å². The molecular weight excluding hydrogens is 394 g/mol. The molecule has 0 atom stereocenters. The maximum atomic E-state index is 12.2. The summed E-state index contributed by atoms with van der Waals surface area (Å²) in [5.74, 6) is 1.38. The number of rotatable bonds is 6. The van der Waals surface area contributed by atoms with Crippen molar-refractivity contribution in [3.05, 3.63) is 66.4 Å². The first kappa shape index (κ1) is 18.6. The van der Waals surface area contributed by atoms with Gasteiger partial charge in [0.05, 0.1) is 18.2 Å². The Balaban J connectivity index is 1.44. The summed E-state index contributed by atoms with van der Waals surface area (Å²) in [6.45, 7) is 3.85. The summed E-state index contributed by atoms with van der Waals surface area (Å²) >= 11 is 0. The molecule has 0 saturated carbocycles. The Bertz CT molecular complexity index is 1220. The maximum Gasteiger partial charge on any atom is 0.278 e. The van der Waals surface area contributed by atoms with Gasteiger partial charge in [-0.1, -0.05) is 0 Å². The highest BCUT2D eigenvalue weighted by Gasteiger charge is 2.15. The average molecular weight is 411 g/mol. The zero-order chi connectivity index (χ0) is 20.4. The van der Waals surface area contributed by atoms with Gasteiger partial charge < -0.3 is 9.72 Å². The summed E-state index contributed by atoms with van der Waals surface area (Å²) in [5, 5.41) is 12.5. The Labute approximate surface area is 166 Å². The molecule has 0 spiro atoms. The monoisotopic (exact) mass is 411 g/mol. The molecule has 0 saturated heterocycles. The van der Waals surface area contributed by atoms with Gasteiger partial charge in [0.1, 0.15) is 5.75 Å². The van der Waals surface area contributed by atoms with Gasteiger partial charge in [0.15, 0.2) is 10.8 Å². The second-order valence-corrected chi connectivity index (χ2v) is 7.87. The third-order valence-corrected chi connectivity index (χ3v) is 5.25. The van der Waals surface area contributed by atoms with E-state index in [1.165, 1.54) is 12.5 Å². The Morgan fingerprint density at radius 1 is 1.07 bits per heavy atom. The van der Waals surface area contributed by atoms with Crippen LogP contribution in [0, 0.1) is 13.8 Å². The molecule has 3 heterocycles. The number of sulfonamides is 1. The minimum absolute atomic E-state index is 0.0178. The van der Waals surface area contributed by atoms with Crippen molar-refractivity contribution in [2.45, 2.75) is 18.9 Å². The quantitative estimate of drug-likeness (QED) is 0.499. The van der Waals surface area contributed by atoms with Gasteiger partial charge in [0.2, 0.25) is 5.88 Å². The number of hydrogen-bond donors (Lipinski definition) is 2. The summed E-state index contributed by atoms with van der Waals surface area (Å²) in [5.41, 5.74) is 2.24. The number of H-pyrrole nitrogens is 1. The molecule has 0 unspecified atom stereocenters. The number of ether oxygens (including phenoxy) is 1. The first-order valence-electron chi connectivity index (χ1n) is 8.57. The maximum absolute atomic E-state index is 12.2. The van der Waals surface area contributed by atoms with Crippen molar-refractivity contribution < 1.29 is 13.2 Å². The predicted molar refractivity (Wildman–Crippen MR) is 105 cm³/mol. The highest BCUT2D eigenvalue weighted by molar-refractivity contribution is 7.92. The highest BCUT2D eigenvalue weighted by Crippen LogP contribution is 2.23. The molecule has 0 radical (unpaired) electrons. The normalized spacial score (nSPS) is 11.4. The number of aromatic amines is 1. The van der Waals surface area contributed by atoms with E-state index in [9.17, 15) is 8.42 Å². The van der Waals surface area contributed by atoms with Crippen LogP contribution in [-0.4, -0.2) is 38.4 Å². The van der Waals surface area contributed by atoms with Crippen LogP contribution in [0.1, 0.15) is 11.4 Å². The lowest BCUT2D eigenvalue weighted by Gasteiger charge is -2.08. The Morgan fingerprint density at radius 2 is 1.86 bits per heavy atom. The smallest absolute Gasteiger partial charge is 0.278 e. The number of aromatic nitrogens is 6. The van der Waals surface area contributed by atoms with E-state index in [1.54, 1.807) is 41.1 Å². The molecule has 0 amide bonds. The van der Waals surface area contributed by atoms with Crippen molar-refractivity contribution in [1.82, 2.24) is 29.9 Å². The summed E-state index contributed by atoms with van der Waals surface area (Å²) in [7, 11) is -3.71. The zero-order valence-corrected chi connectivity index (χ0v) is 16.4. The fourth-order valence-electron chi connectivity index (χ4n) is 2.65. The molecule has 0 fully saturated rings. The zero-order valence-electron chi connectivity index (χ0n) is 15.6. The number of aryl methyl sites for hydroxylation is 2. The first-order valence-corrected chi connectivity index (χ1v) is 10.1. The Kier molecular flexibility index (Phi) is 4.72. The van der Waals surface area contributed by atoms with Crippen LogP contribution in [0.3, 0.4) is 0 Å². The van der Waals surface area contributed by atoms with E-state index in [0.717, 1.165) is 11.4 Å². The van der Waals surface area contributed by atoms with Gasteiger partial charge >= 0.3 is 0 Å². The minimum Gasteiger partial charge on any atom is -0.438 e. The summed E-state index contributed by atoms with van der Waals surface area (Å²) in [4.78, 5) is 6.26. The van der Waals surface area contributed by atoms with Gasteiger partial charge in [-0.3, -0.25) is 4.72 Å². The molecule has 4 aromatic rings. The average Bonchev–Trinajstić information content (AvgIpc) is 3.34. The standard InChI is InChI=1S/C18H17N7O3S/c1-12-9-13(2)25(23-12)16-7-8-17(22-21-16)28-15-5-3-14(4-6-15)24-29(26,27)18-10-19-11-20-18/h3-11,24H,1-2H3,(H,19,20). The molecule has 11 heteroatoms. The number of imidazole rings is 1. The minimum atomic E-state index is -3.71. The molecule has 148 valence electrons. The molecular formula is C18H17N7O3S. The van der Waals surface area contributed by atoms with Gasteiger partial charge in [-0.15, -0.1) is 10.2 Å². The lowest BCUT2D eigenvalue weighted by molar-refractivity contribution is 0.454. The van der Waals surface area contributed by atoms with E-state index in [0.29, 0.717) is 23.1 Å². The third-order valence-electron chi connectivity index (χ3n) is 3.94. The van der Waals surface area contributed by atoms with Crippen molar-refractivity contribution in [3.8, 4) is 17.4 Å². The summed E-state index contributed by atoms with van der Waals surface area (Å²) < 4.78 is 34.2.